The Morgan fingerprint density at radius 2 is 0.600 bits per heavy atom. The third-order valence-electron chi connectivity index (χ3n) is 10.9. The van der Waals surface area contributed by atoms with Gasteiger partial charge in [-0.1, -0.05) is 147 Å². The molecule has 9 rings (SSSR count). The van der Waals surface area contributed by atoms with Crippen LogP contribution in [-0.4, -0.2) is 101 Å². The summed E-state index contributed by atoms with van der Waals surface area (Å²) in [7, 11) is 72.2. The summed E-state index contributed by atoms with van der Waals surface area (Å²) in [6, 6.07) is 36.0. The van der Waals surface area contributed by atoms with E-state index in [-0.39, 0.29) is 105 Å². The minimum Gasteiger partial charge on any atom is -0.457 e. The Morgan fingerprint density at radius 3 is 1.12 bits per heavy atom. The molecular formula is C45H18B11N3O. The first-order valence-corrected chi connectivity index (χ1v) is 18.6. The highest BCUT2D eigenvalue weighted by atomic mass is 16.3. The molecule has 0 aliphatic rings. The molecule has 0 spiro atoms. The zero-order chi connectivity index (χ0) is 42.1. The van der Waals surface area contributed by atoms with E-state index in [2.05, 4.69) is 36.4 Å². The molecular weight excluding hydrogens is 717 g/mol. The first-order chi connectivity index (χ1) is 28.8. The topological polar surface area (TPSA) is 51.8 Å². The Morgan fingerprint density at radius 1 is 0.267 bits per heavy atom. The number of fused-ring (bicyclic) bond motifs is 3. The van der Waals surface area contributed by atoms with Crippen LogP contribution in [0, 0.1) is 0 Å². The Labute approximate surface area is 362 Å². The van der Waals surface area contributed by atoms with Crippen molar-refractivity contribution in [3.8, 4) is 67.5 Å². The van der Waals surface area contributed by atoms with Crippen LogP contribution in [0.25, 0.3) is 89.5 Å². The highest BCUT2D eigenvalue weighted by molar-refractivity contribution is 6.71. The quantitative estimate of drug-likeness (QED) is 0.196. The van der Waals surface area contributed by atoms with Crippen LogP contribution in [-0.2, 0) is 0 Å². The van der Waals surface area contributed by atoms with Gasteiger partial charge in [0.25, 0.3) is 0 Å². The highest BCUT2D eigenvalue weighted by Crippen LogP contribution is 2.31. The minimum atomic E-state index is -0.00352. The van der Waals surface area contributed by atoms with E-state index in [1.54, 1.807) is 0 Å². The van der Waals surface area contributed by atoms with Crippen molar-refractivity contribution < 1.29 is 4.42 Å². The average Bonchev–Trinajstić information content (AvgIpc) is 3.70. The van der Waals surface area contributed by atoms with Gasteiger partial charge in [0.2, 0.25) is 0 Å². The van der Waals surface area contributed by atoms with Gasteiger partial charge in [0.15, 0.2) is 17.5 Å². The number of hydrogen-bond acceptors (Lipinski definition) is 4. The molecule has 0 saturated heterocycles. The van der Waals surface area contributed by atoms with Crippen LogP contribution in [0.1, 0.15) is 0 Å². The van der Waals surface area contributed by atoms with Crippen LogP contribution in [0.15, 0.2) is 114 Å². The van der Waals surface area contributed by atoms with Gasteiger partial charge in [0, 0.05) is 27.5 Å². The van der Waals surface area contributed by atoms with Gasteiger partial charge in [-0.05, 0) is 38.8 Å². The normalized spacial score (nSPS) is 11.4. The van der Waals surface area contributed by atoms with Crippen molar-refractivity contribution in [1.82, 2.24) is 15.0 Å². The molecule has 22 radical (unpaired) electrons. The van der Waals surface area contributed by atoms with E-state index in [1.165, 1.54) is 0 Å². The molecule has 9 aromatic rings. The second-order valence-electron chi connectivity index (χ2n) is 14.4. The van der Waals surface area contributed by atoms with Gasteiger partial charge in [-0.3, -0.25) is 0 Å². The van der Waals surface area contributed by atoms with Crippen molar-refractivity contribution >= 4 is 168 Å². The third kappa shape index (κ3) is 6.36. The lowest BCUT2D eigenvalue weighted by atomic mass is 9.57. The summed E-state index contributed by atoms with van der Waals surface area (Å²) in [5.74, 6) is 0.898. The SMILES string of the molecule is [B]c1c([B])c([B])c(-c2c([B])c([B])c3oc4c([B])c(-c5nc(-c6ccccc6)nc(-c6ccc(-c7ccc(-c8ccccc8)cc7)cc6)n5)c([B])c([B])c4c3c2[B])c([B])c1[B]. The molecule has 4 nitrogen and oxygen atoms in total. The fourth-order valence-electron chi connectivity index (χ4n) is 7.64. The van der Waals surface area contributed by atoms with Gasteiger partial charge in [-0.2, -0.15) is 0 Å². The van der Waals surface area contributed by atoms with Crippen LogP contribution in [0.4, 0.5) is 0 Å². The van der Waals surface area contributed by atoms with E-state index in [0.717, 1.165) is 33.4 Å². The molecule has 2 aromatic heterocycles. The Bertz CT molecular complexity index is 3170. The Hall–Kier alpha value is -5.94. The van der Waals surface area contributed by atoms with E-state index in [1.807, 2.05) is 72.8 Å². The van der Waals surface area contributed by atoms with E-state index in [0.29, 0.717) is 11.6 Å². The van der Waals surface area contributed by atoms with E-state index in [4.69, 9.17) is 106 Å². The van der Waals surface area contributed by atoms with Crippen LogP contribution in [0.3, 0.4) is 0 Å². The predicted octanol–water partition coefficient (Wildman–Crippen LogP) is -1.50. The number of furan rings is 1. The largest absolute Gasteiger partial charge is 0.457 e. The van der Waals surface area contributed by atoms with Crippen LogP contribution < -0.4 is 60.1 Å². The fourth-order valence-corrected chi connectivity index (χ4v) is 7.64. The van der Waals surface area contributed by atoms with Crippen molar-refractivity contribution in [2.24, 2.45) is 0 Å². The van der Waals surface area contributed by atoms with E-state index in [9.17, 15) is 0 Å². The van der Waals surface area contributed by atoms with Gasteiger partial charge in [-0.25, -0.2) is 15.0 Å². The second-order valence-corrected chi connectivity index (χ2v) is 14.4. The van der Waals surface area contributed by atoms with E-state index >= 15 is 0 Å². The van der Waals surface area contributed by atoms with Crippen LogP contribution >= 0.6 is 0 Å². The molecule has 60 heavy (non-hydrogen) atoms. The standard InChI is InChI=1S/C45H18B11N3O/c46-30-25(26-31(47)37(53)39(55)38(54)32(26)48)33(49)40(56)42-27(30)28-34(50)35(51)29(36(52)41(28)60-42)45-58-43(23-9-5-2-6-10-23)57-44(59-45)24-17-15-22(16-18-24)21-13-11-20(12-14-21)19-7-3-1-4-8-19/h1-18H. The lowest BCUT2D eigenvalue weighted by Gasteiger charge is -2.25. The third-order valence-corrected chi connectivity index (χ3v) is 10.9. The number of nitrogens with zero attached hydrogens (tertiary/aromatic N) is 3. The number of aromatic nitrogens is 3. The molecule has 0 amide bonds. The second kappa shape index (κ2) is 15.3. The molecule has 252 valence electrons. The molecule has 0 unspecified atom stereocenters. The molecule has 2 heterocycles. The Kier molecular flexibility index (Phi) is 10.1. The fraction of sp³-hybridized carbons (Fsp3) is 0. The monoisotopic (exact) mass is 737 g/mol. The molecule has 15 heteroatoms. The lowest BCUT2D eigenvalue weighted by molar-refractivity contribution is 0.675. The first-order valence-electron chi connectivity index (χ1n) is 18.6. The van der Waals surface area contributed by atoms with Gasteiger partial charge in [0.05, 0.1) is 0 Å². The zero-order valence-corrected chi connectivity index (χ0v) is 32.0. The molecule has 7 aromatic carbocycles. The predicted molar refractivity (Wildman–Crippen MR) is 259 cm³/mol. The number of hydrogen-bond donors (Lipinski definition) is 0. The lowest BCUT2D eigenvalue weighted by Crippen LogP contribution is -2.56. The maximum atomic E-state index is 6.96. The van der Waals surface area contributed by atoms with Crippen molar-refractivity contribution in [2.45, 2.75) is 0 Å². The van der Waals surface area contributed by atoms with Gasteiger partial charge < -0.3 is 4.42 Å². The Balaban J connectivity index is 1.20. The summed E-state index contributed by atoms with van der Waals surface area (Å²) >= 11 is 0. The summed E-state index contributed by atoms with van der Waals surface area (Å²) in [5, 5.41) is 0.533. The van der Waals surface area contributed by atoms with Gasteiger partial charge >= 0.3 is 0 Å². The maximum Gasteiger partial charge on any atom is 0.164 e. The van der Waals surface area contributed by atoms with Crippen molar-refractivity contribution in [2.75, 3.05) is 0 Å². The molecule has 0 N–H and O–H groups in total. The zero-order valence-electron chi connectivity index (χ0n) is 32.0. The highest BCUT2D eigenvalue weighted by Gasteiger charge is 2.26. The molecule has 0 saturated carbocycles. The van der Waals surface area contributed by atoms with Crippen molar-refractivity contribution in [1.29, 1.82) is 0 Å². The number of rotatable bonds is 6. The van der Waals surface area contributed by atoms with Crippen LogP contribution in [0.5, 0.6) is 0 Å². The molecule has 0 bridgehead atoms. The molecule has 0 aliphatic carbocycles. The minimum absolute atomic E-state index is 0.000207. The van der Waals surface area contributed by atoms with Gasteiger partial charge in [0.1, 0.15) is 97.5 Å². The van der Waals surface area contributed by atoms with Crippen LogP contribution in [0.2, 0.25) is 0 Å². The smallest absolute Gasteiger partial charge is 0.164 e. The van der Waals surface area contributed by atoms with E-state index < -0.39 is 0 Å². The first kappa shape index (κ1) is 39.5. The van der Waals surface area contributed by atoms with Crippen molar-refractivity contribution in [3.05, 3.63) is 109 Å². The van der Waals surface area contributed by atoms with Gasteiger partial charge in [-0.15, -0.1) is 16.4 Å². The molecule has 0 aliphatic heterocycles. The maximum absolute atomic E-state index is 6.96. The molecule has 0 atom stereocenters. The summed E-state index contributed by atoms with van der Waals surface area (Å²) in [6.45, 7) is 0. The number of benzene rings is 7. The van der Waals surface area contributed by atoms with Crippen molar-refractivity contribution in [3.63, 3.8) is 0 Å². The summed E-state index contributed by atoms with van der Waals surface area (Å²) in [6.07, 6.45) is 0. The summed E-state index contributed by atoms with van der Waals surface area (Å²) in [5.41, 5.74) is 6.82. The summed E-state index contributed by atoms with van der Waals surface area (Å²) in [4.78, 5) is 14.6. The molecule has 0 fully saturated rings. The summed E-state index contributed by atoms with van der Waals surface area (Å²) < 4.78 is 6.36. The average molecular weight is 736 g/mol.